The van der Waals surface area contributed by atoms with Crippen molar-refractivity contribution in [3.8, 4) is 0 Å². The molecule has 0 bridgehead atoms. The van der Waals surface area contributed by atoms with E-state index in [1.807, 2.05) is 6.92 Å². The third-order valence-electron chi connectivity index (χ3n) is 2.56. The van der Waals surface area contributed by atoms with Gasteiger partial charge in [0.15, 0.2) is 10.3 Å². The number of carbonyl (C=O) groups excluding carboxylic acids is 2. The van der Waals surface area contributed by atoms with Gasteiger partial charge in [-0.05, 0) is 18.7 Å². The van der Waals surface area contributed by atoms with Crippen molar-refractivity contribution in [2.75, 3.05) is 19.3 Å². The number of thioether (sulfide) groups is 2. The average Bonchev–Trinajstić information content (AvgIpc) is 2.83. The molecular weight excluding hydrogens is 296 g/mol. The lowest BCUT2D eigenvalue weighted by molar-refractivity contribution is -0.123. The van der Waals surface area contributed by atoms with Crippen molar-refractivity contribution in [2.24, 2.45) is 10.2 Å². The van der Waals surface area contributed by atoms with Crippen molar-refractivity contribution in [2.45, 2.75) is 6.92 Å². The zero-order valence-corrected chi connectivity index (χ0v) is 12.9. The van der Waals surface area contributed by atoms with Gasteiger partial charge in [0.25, 0.3) is 5.91 Å². The van der Waals surface area contributed by atoms with Crippen molar-refractivity contribution in [1.82, 2.24) is 9.80 Å². The molecule has 0 aromatic heterocycles. The number of amides is 2. The molecule has 2 fully saturated rings. The number of carbonyl (C=O) groups is 2. The summed E-state index contributed by atoms with van der Waals surface area (Å²) in [6.45, 7) is 9.70. The fourth-order valence-corrected chi connectivity index (χ4v) is 3.14. The molecule has 20 heavy (non-hydrogen) atoms. The van der Waals surface area contributed by atoms with E-state index in [2.05, 4.69) is 23.4 Å². The first-order valence-electron chi connectivity index (χ1n) is 5.78. The summed E-state index contributed by atoms with van der Waals surface area (Å²) in [5, 5.41) is 9.12. The largest absolute Gasteiger partial charge is 0.292 e. The molecule has 2 heterocycles. The van der Waals surface area contributed by atoms with Crippen LogP contribution in [0, 0.1) is 0 Å². The number of hydrogen-bond donors (Lipinski definition) is 0. The first-order valence-corrected chi connectivity index (χ1v) is 7.58. The highest BCUT2D eigenvalue weighted by Gasteiger charge is 2.32. The molecule has 2 saturated heterocycles. The van der Waals surface area contributed by atoms with Crippen LogP contribution in [0.15, 0.2) is 33.8 Å². The fraction of sp³-hybridized carbons (Fsp3) is 0.333. The molecule has 0 atom stereocenters. The molecule has 0 aromatic rings. The normalized spacial score (nSPS) is 23.6. The maximum atomic E-state index is 11.9. The number of hydrogen-bond acceptors (Lipinski definition) is 6. The maximum Gasteiger partial charge on any atom is 0.266 e. The monoisotopic (exact) mass is 310 g/mol. The van der Waals surface area contributed by atoms with E-state index >= 15 is 0 Å². The number of rotatable bonds is 3. The van der Waals surface area contributed by atoms with Gasteiger partial charge in [-0.15, -0.1) is 10.2 Å². The lowest BCUT2D eigenvalue weighted by atomic mass is 10.3. The molecule has 0 aromatic carbocycles. The zero-order valence-electron chi connectivity index (χ0n) is 11.3. The third-order valence-corrected chi connectivity index (χ3v) is 4.47. The Bertz CT molecular complexity index is 568. The predicted octanol–water partition coefficient (Wildman–Crippen LogP) is 1.48. The fourth-order valence-electron chi connectivity index (χ4n) is 1.54. The summed E-state index contributed by atoms with van der Waals surface area (Å²) in [6, 6.07) is 0. The first-order chi connectivity index (χ1) is 9.40. The Balaban J connectivity index is 2.21. The molecule has 0 N–H and O–H groups in total. The van der Waals surface area contributed by atoms with Crippen LogP contribution in [-0.4, -0.2) is 51.3 Å². The molecule has 6 nitrogen and oxygen atoms in total. The van der Waals surface area contributed by atoms with Gasteiger partial charge >= 0.3 is 0 Å². The van der Waals surface area contributed by atoms with Gasteiger partial charge in [0.05, 0.1) is 10.7 Å². The molecule has 2 aliphatic heterocycles. The second-order valence-corrected chi connectivity index (χ2v) is 6.38. The molecule has 2 amide bonds. The van der Waals surface area contributed by atoms with E-state index in [0.717, 1.165) is 5.57 Å². The van der Waals surface area contributed by atoms with E-state index < -0.39 is 0 Å². The zero-order chi connectivity index (χ0) is 14.9. The summed E-state index contributed by atoms with van der Waals surface area (Å²) in [7, 11) is 1.65. The molecule has 0 radical (unpaired) electrons. The molecule has 0 unspecified atom stereocenters. The highest BCUT2D eigenvalue weighted by molar-refractivity contribution is 8.18. The van der Waals surface area contributed by atoms with Crippen LogP contribution in [0.5, 0.6) is 0 Å². The summed E-state index contributed by atoms with van der Waals surface area (Å²) in [5.41, 5.74) is 0.844. The summed E-state index contributed by atoms with van der Waals surface area (Å²) in [4.78, 5) is 26.7. The summed E-state index contributed by atoms with van der Waals surface area (Å²) >= 11 is 2.51. The summed E-state index contributed by atoms with van der Waals surface area (Å²) < 4.78 is 0. The highest BCUT2D eigenvalue weighted by Crippen LogP contribution is 2.30. The maximum absolute atomic E-state index is 11.9. The van der Waals surface area contributed by atoms with Crippen LogP contribution in [0.25, 0.3) is 0 Å². The van der Waals surface area contributed by atoms with Crippen LogP contribution in [0.1, 0.15) is 6.92 Å². The Kier molecular flexibility index (Phi) is 4.34. The van der Waals surface area contributed by atoms with Crippen molar-refractivity contribution < 1.29 is 9.59 Å². The summed E-state index contributed by atoms with van der Waals surface area (Å²) in [6.07, 6.45) is 0. The third kappa shape index (κ3) is 2.96. The van der Waals surface area contributed by atoms with E-state index in [9.17, 15) is 9.59 Å². The van der Waals surface area contributed by atoms with Gasteiger partial charge < -0.3 is 0 Å². The van der Waals surface area contributed by atoms with E-state index in [-0.39, 0.29) is 11.8 Å². The quantitative estimate of drug-likeness (QED) is 0.450. The number of amidine groups is 2. The molecular formula is C12H14N4O2S2. The summed E-state index contributed by atoms with van der Waals surface area (Å²) in [5.74, 6) is 0.182. The standard InChI is InChI=1S/C12H14N4O2S2/c1-7(2)5-16-10(18)8(3)20-12(16)14-13-11-15(4)9(17)6-19-11/h1,3,5-6H2,2,4H3/b13-11+,14-12-. The average molecular weight is 310 g/mol. The van der Waals surface area contributed by atoms with Crippen molar-refractivity contribution in [3.63, 3.8) is 0 Å². The molecule has 0 saturated carbocycles. The molecule has 0 spiro atoms. The van der Waals surface area contributed by atoms with Gasteiger partial charge in [0.2, 0.25) is 5.91 Å². The molecule has 0 aliphatic carbocycles. The van der Waals surface area contributed by atoms with Gasteiger partial charge in [-0.2, -0.15) is 0 Å². The highest BCUT2D eigenvalue weighted by atomic mass is 32.2. The Labute approximate surface area is 125 Å². The lowest BCUT2D eigenvalue weighted by Gasteiger charge is -2.14. The van der Waals surface area contributed by atoms with Gasteiger partial charge in [-0.25, -0.2) is 0 Å². The molecule has 106 valence electrons. The van der Waals surface area contributed by atoms with Crippen LogP contribution < -0.4 is 0 Å². The van der Waals surface area contributed by atoms with E-state index in [4.69, 9.17) is 0 Å². The smallest absolute Gasteiger partial charge is 0.266 e. The molecule has 2 aliphatic rings. The van der Waals surface area contributed by atoms with Crippen LogP contribution in [0.3, 0.4) is 0 Å². The van der Waals surface area contributed by atoms with Crippen molar-refractivity contribution >= 4 is 45.7 Å². The van der Waals surface area contributed by atoms with E-state index in [0.29, 0.717) is 27.5 Å². The first kappa shape index (κ1) is 14.9. The Morgan fingerprint density at radius 1 is 1.35 bits per heavy atom. The van der Waals surface area contributed by atoms with Crippen LogP contribution in [0.4, 0.5) is 0 Å². The van der Waals surface area contributed by atoms with Gasteiger partial charge in [-0.1, -0.05) is 30.5 Å². The van der Waals surface area contributed by atoms with Crippen LogP contribution in [0.2, 0.25) is 0 Å². The van der Waals surface area contributed by atoms with Crippen LogP contribution in [-0.2, 0) is 9.59 Å². The molecule has 8 heteroatoms. The van der Waals surface area contributed by atoms with Gasteiger partial charge in [0, 0.05) is 13.6 Å². The van der Waals surface area contributed by atoms with E-state index in [1.165, 1.54) is 33.3 Å². The second kappa shape index (κ2) is 5.84. The van der Waals surface area contributed by atoms with E-state index in [1.54, 1.807) is 7.05 Å². The minimum absolute atomic E-state index is 0.00713. The van der Waals surface area contributed by atoms with Gasteiger partial charge in [0.1, 0.15) is 0 Å². The predicted molar refractivity (Wildman–Crippen MR) is 83.4 cm³/mol. The Morgan fingerprint density at radius 3 is 2.55 bits per heavy atom. The Morgan fingerprint density at radius 2 is 2.00 bits per heavy atom. The minimum atomic E-state index is -0.180. The lowest BCUT2D eigenvalue weighted by Crippen LogP contribution is -2.30. The van der Waals surface area contributed by atoms with Crippen LogP contribution >= 0.6 is 23.5 Å². The number of nitrogens with zero attached hydrogens (tertiary/aromatic N) is 4. The van der Waals surface area contributed by atoms with Gasteiger partial charge in [-0.3, -0.25) is 19.4 Å². The second-order valence-electron chi connectivity index (χ2n) is 4.38. The van der Waals surface area contributed by atoms with Crippen molar-refractivity contribution in [3.05, 3.63) is 23.6 Å². The Hall–Kier alpha value is -1.54. The SMILES string of the molecule is C=C(C)CN1C(=O)C(=C)S/C1=N\N=C1\SCC(=O)N1C. The minimum Gasteiger partial charge on any atom is -0.292 e. The van der Waals surface area contributed by atoms with Crippen molar-refractivity contribution in [1.29, 1.82) is 0 Å². The topological polar surface area (TPSA) is 65.3 Å². The molecule has 2 rings (SSSR count).